The number of para-hydroxylation sites is 1. The quantitative estimate of drug-likeness (QED) is 0.709. The van der Waals surface area contributed by atoms with Gasteiger partial charge in [-0.2, -0.15) is 0 Å². The Balaban J connectivity index is 1.81. The van der Waals surface area contributed by atoms with Gasteiger partial charge in [-0.1, -0.05) is 29.5 Å². The van der Waals surface area contributed by atoms with E-state index in [-0.39, 0.29) is 0 Å². The van der Waals surface area contributed by atoms with Gasteiger partial charge in [-0.3, -0.25) is 4.98 Å². The number of ether oxygens (including phenoxy) is 1. The Bertz CT molecular complexity index is 723. The molecule has 0 fully saturated rings. The van der Waals surface area contributed by atoms with E-state index in [1.54, 1.807) is 18.4 Å². The predicted molar refractivity (Wildman–Crippen MR) is 84.2 cm³/mol. The van der Waals surface area contributed by atoms with Gasteiger partial charge in [-0.15, -0.1) is 10.2 Å². The van der Waals surface area contributed by atoms with Gasteiger partial charge in [0.1, 0.15) is 10.0 Å². The van der Waals surface area contributed by atoms with E-state index in [4.69, 9.17) is 4.74 Å². The summed E-state index contributed by atoms with van der Waals surface area (Å²) in [6.07, 6.45) is 1.82. The molecular weight excluding hydrogens is 284 g/mol. The molecule has 0 aliphatic heterocycles. The second-order valence-electron chi connectivity index (χ2n) is 4.55. The zero-order valence-corrected chi connectivity index (χ0v) is 12.6. The number of nitrogens with one attached hydrogen (secondary N) is 1. The van der Waals surface area contributed by atoms with Crippen LogP contribution >= 0.6 is 11.3 Å². The van der Waals surface area contributed by atoms with Gasteiger partial charge < -0.3 is 10.1 Å². The van der Waals surface area contributed by atoms with Crippen LogP contribution in [0.1, 0.15) is 5.01 Å². The minimum Gasteiger partial charge on any atom is -0.383 e. The van der Waals surface area contributed by atoms with E-state index in [0.29, 0.717) is 13.2 Å². The second-order valence-corrected chi connectivity index (χ2v) is 5.61. The highest BCUT2D eigenvalue weighted by Crippen LogP contribution is 2.29. The van der Waals surface area contributed by atoms with Crippen LogP contribution in [0.5, 0.6) is 0 Å². The van der Waals surface area contributed by atoms with E-state index in [2.05, 4.69) is 26.6 Å². The number of rotatable bonds is 6. The number of fused-ring (bicyclic) bond motifs is 1. The molecule has 0 saturated heterocycles. The molecule has 5 nitrogen and oxygen atoms in total. The first-order valence-electron chi connectivity index (χ1n) is 6.74. The molecule has 0 saturated carbocycles. The van der Waals surface area contributed by atoms with Crippen molar-refractivity contribution in [2.24, 2.45) is 0 Å². The van der Waals surface area contributed by atoms with E-state index >= 15 is 0 Å². The maximum atomic E-state index is 5.00. The van der Waals surface area contributed by atoms with E-state index in [1.807, 2.05) is 30.5 Å². The molecule has 1 N–H and O–H groups in total. The van der Waals surface area contributed by atoms with Crippen molar-refractivity contribution in [2.75, 3.05) is 20.3 Å². The van der Waals surface area contributed by atoms with Crippen LogP contribution in [0, 0.1) is 0 Å². The molecule has 6 heteroatoms. The predicted octanol–water partition coefficient (Wildman–Crippen LogP) is 2.49. The summed E-state index contributed by atoms with van der Waals surface area (Å²) in [6.45, 7) is 2.22. The highest BCUT2D eigenvalue weighted by Gasteiger charge is 2.10. The molecule has 2 aromatic heterocycles. The number of pyridine rings is 1. The highest BCUT2D eigenvalue weighted by molar-refractivity contribution is 7.14. The van der Waals surface area contributed by atoms with Gasteiger partial charge in [0.25, 0.3) is 0 Å². The van der Waals surface area contributed by atoms with Gasteiger partial charge in [0.2, 0.25) is 0 Å². The van der Waals surface area contributed by atoms with Crippen molar-refractivity contribution >= 4 is 22.2 Å². The van der Waals surface area contributed by atoms with Gasteiger partial charge in [0, 0.05) is 37.3 Å². The standard InChI is InChI=1S/C15H16N4OS/c1-20-9-8-16-10-14-18-19-15(21-14)12-6-7-17-13-5-3-2-4-11(12)13/h2-7,16H,8-10H2,1H3. The van der Waals surface area contributed by atoms with E-state index in [0.717, 1.165) is 33.0 Å². The van der Waals surface area contributed by atoms with Gasteiger partial charge >= 0.3 is 0 Å². The van der Waals surface area contributed by atoms with Crippen molar-refractivity contribution in [2.45, 2.75) is 6.54 Å². The van der Waals surface area contributed by atoms with Crippen LogP contribution in [-0.2, 0) is 11.3 Å². The molecule has 0 aliphatic rings. The summed E-state index contributed by atoms with van der Waals surface area (Å²) >= 11 is 1.61. The fourth-order valence-corrected chi connectivity index (χ4v) is 2.93. The van der Waals surface area contributed by atoms with E-state index in [9.17, 15) is 0 Å². The minimum absolute atomic E-state index is 0.695. The van der Waals surface area contributed by atoms with Gasteiger partial charge in [0.05, 0.1) is 12.1 Å². The molecule has 0 bridgehead atoms. The average molecular weight is 300 g/mol. The molecule has 0 atom stereocenters. The van der Waals surface area contributed by atoms with Crippen LogP contribution in [0.15, 0.2) is 36.5 Å². The van der Waals surface area contributed by atoms with Crippen molar-refractivity contribution in [1.29, 1.82) is 0 Å². The SMILES string of the molecule is COCCNCc1nnc(-c2ccnc3ccccc23)s1. The zero-order chi connectivity index (χ0) is 14.5. The van der Waals surface area contributed by atoms with Crippen molar-refractivity contribution in [3.63, 3.8) is 0 Å². The third-order valence-electron chi connectivity index (χ3n) is 3.11. The molecular formula is C15H16N4OS. The highest BCUT2D eigenvalue weighted by atomic mass is 32.1. The first-order chi connectivity index (χ1) is 10.4. The molecule has 21 heavy (non-hydrogen) atoms. The van der Waals surface area contributed by atoms with Gasteiger partial charge in [-0.25, -0.2) is 0 Å². The molecule has 108 valence electrons. The third-order valence-corrected chi connectivity index (χ3v) is 4.06. The molecule has 3 rings (SSSR count). The normalized spacial score (nSPS) is 11.1. The Hall–Kier alpha value is -1.89. The Morgan fingerprint density at radius 1 is 1.19 bits per heavy atom. The van der Waals surface area contributed by atoms with Crippen molar-refractivity contribution in [1.82, 2.24) is 20.5 Å². The van der Waals surface area contributed by atoms with Crippen molar-refractivity contribution in [3.8, 4) is 10.6 Å². The Kier molecular flexibility index (Phi) is 4.49. The smallest absolute Gasteiger partial charge is 0.148 e. The molecule has 0 amide bonds. The monoisotopic (exact) mass is 300 g/mol. The van der Waals surface area contributed by atoms with Gasteiger partial charge in [-0.05, 0) is 12.1 Å². The van der Waals surface area contributed by atoms with Crippen LogP contribution < -0.4 is 5.32 Å². The molecule has 2 heterocycles. The first-order valence-corrected chi connectivity index (χ1v) is 7.56. The largest absolute Gasteiger partial charge is 0.383 e. The van der Waals surface area contributed by atoms with Crippen LogP contribution in [0.2, 0.25) is 0 Å². The molecule has 0 unspecified atom stereocenters. The number of nitrogens with zero attached hydrogens (tertiary/aromatic N) is 3. The van der Waals surface area contributed by atoms with Crippen molar-refractivity contribution in [3.05, 3.63) is 41.5 Å². The lowest BCUT2D eigenvalue weighted by Crippen LogP contribution is -2.18. The maximum absolute atomic E-state index is 5.00. The first kappa shape index (κ1) is 14.1. The van der Waals surface area contributed by atoms with Crippen LogP contribution in [0.4, 0.5) is 0 Å². The number of aromatic nitrogens is 3. The molecule has 0 radical (unpaired) electrons. The zero-order valence-electron chi connectivity index (χ0n) is 11.7. The van der Waals surface area contributed by atoms with Crippen LogP contribution in [0.25, 0.3) is 21.5 Å². The summed E-state index contributed by atoms with van der Waals surface area (Å²) in [7, 11) is 1.69. The Morgan fingerprint density at radius 3 is 3.00 bits per heavy atom. The van der Waals surface area contributed by atoms with E-state index in [1.165, 1.54) is 0 Å². The van der Waals surface area contributed by atoms with Crippen molar-refractivity contribution < 1.29 is 4.74 Å². The lowest BCUT2D eigenvalue weighted by Gasteiger charge is -2.01. The Morgan fingerprint density at radius 2 is 2.10 bits per heavy atom. The summed E-state index contributed by atoms with van der Waals surface area (Å²) in [5.41, 5.74) is 2.06. The summed E-state index contributed by atoms with van der Waals surface area (Å²) in [5, 5.41) is 14.8. The van der Waals surface area contributed by atoms with E-state index < -0.39 is 0 Å². The summed E-state index contributed by atoms with van der Waals surface area (Å²) in [6, 6.07) is 10.1. The second kappa shape index (κ2) is 6.71. The lowest BCUT2D eigenvalue weighted by molar-refractivity contribution is 0.199. The summed E-state index contributed by atoms with van der Waals surface area (Å²) < 4.78 is 5.00. The van der Waals surface area contributed by atoms with Crippen LogP contribution in [0.3, 0.4) is 0 Å². The number of methoxy groups -OCH3 is 1. The van der Waals surface area contributed by atoms with Crippen LogP contribution in [-0.4, -0.2) is 35.4 Å². The number of hydrogen-bond acceptors (Lipinski definition) is 6. The Labute approximate surface area is 127 Å². The minimum atomic E-state index is 0.695. The molecule has 0 spiro atoms. The average Bonchev–Trinajstić information content (AvgIpc) is 3.00. The van der Waals surface area contributed by atoms with Gasteiger partial charge in [0.15, 0.2) is 0 Å². The summed E-state index contributed by atoms with van der Waals surface area (Å²) in [4.78, 5) is 4.37. The fourth-order valence-electron chi connectivity index (χ4n) is 2.09. The fraction of sp³-hybridized carbons (Fsp3) is 0.267. The number of hydrogen-bond donors (Lipinski definition) is 1. The third kappa shape index (κ3) is 3.24. The molecule has 1 aromatic carbocycles. The topological polar surface area (TPSA) is 59.9 Å². The summed E-state index contributed by atoms with van der Waals surface area (Å²) in [5.74, 6) is 0. The molecule has 0 aliphatic carbocycles. The maximum Gasteiger partial charge on any atom is 0.148 e. The number of benzene rings is 1. The molecule has 3 aromatic rings. The lowest BCUT2D eigenvalue weighted by atomic mass is 10.1.